The van der Waals surface area contributed by atoms with Gasteiger partial charge in [-0.1, -0.05) is 0 Å². The van der Waals surface area contributed by atoms with E-state index in [1.807, 2.05) is 4.90 Å². The fraction of sp³-hybridized carbons (Fsp3) is 0.462. The molecule has 0 atom stereocenters. The number of methoxy groups -OCH3 is 1. The Balaban J connectivity index is 2.04. The molecule has 0 saturated carbocycles. The van der Waals surface area contributed by atoms with Gasteiger partial charge in [-0.15, -0.1) is 0 Å². The zero-order chi connectivity index (χ0) is 17.9. The molecular formula is C13H18N4O5S2. The van der Waals surface area contributed by atoms with Gasteiger partial charge < -0.3 is 15.0 Å². The molecule has 1 N–H and O–H groups in total. The topological polar surface area (TPSA) is 105 Å². The molecule has 1 aliphatic rings. The summed E-state index contributed by atoms with van der Waals surface area (Å²) in [6.45, 7) is 1.65. The minimum atomic E-state index is -3.20. The quantitative estimate of drug-likeness (QED) is 0.470. The maximum atomic E-state index is 11.5. The van der Waals surface area contributed by atoms with E-state index in [1.54, 1.807) is 0 Å². The smallest absolute Gasteiger partial charge is 0.273 e. The second-order valence-electron chi connectivity index (χ2n) is 5.22. The molecule has 1 fully saturated rings. The first-order chi connectivity index (χ1) is 11.2. The van der Waals surface area contributed by atoms with Crippen molar-refractivity contribution in [2.45, 2.75) is 0 Å². The average molecular weight is 374 g/mol. The van der Waals surface area contributed by atoms with Crippen LogP contribution in [0.4, 0.5) is 11.4 Å². The predicted octanol–water partition coefficient (Wildman–Crippen LogP) is 0.877. The van der Waals surface area contributed by atoms with Crippen molar-refractivity contribution in [3.63, 3.8) is 0 Å². The molecule has 132 valence electrons. The van der Waals surface area contributed by atoms with E-state index in [0.29, 0.717) is 42.7 Å². The van der Waals surface area contributed by atoms with E-state index in [9.17, 15) is 18.5 Å². The average Bonchev–Trinajstić information content (AvgIpc) is 2.54. The highest BCUT2D eigenvalue weighted by molar-refractivity contribution is 7.88. The number of sulfonamides is 1. The van der Waals surface area contributed by atoms with Crippen molar-refractivity contribution in [3.05, 3.63) is 28.3 Å². The van der Waals surface area contributed by atoms with Gasteiger partial charge in [0.1, 0.15) is 5.75 Å². The van der Waals surface area contributed by atoms with Crippen molar-refractivity contribution < 1.29 is 18.1 Å². The number of nitro benzene ring substituents is 1. The summed E-state index contributed by atoms with van der Waals surface area (Å²) in [4.78, 5) is 12.1. The van der Waals surface area contributed by atoms with Crippen molar-refractivity contribution in [2.75, 3.05) is 44.9 Å². The minimum absolute atomic E-state index is 0.0786. The molecule has 0 spiro atoms. The third-order valence-corrected chi connectivity index (χ3v) is 5.30. The number of piperazine rings is 1. The molecule has 0 amide bonds. The van der Waals surface area contributed by atoms with Crippen LogP contribution in [0.2, 0.25) is 0 Å². The summed E-state index contributed by atoms with van der Waals surface area (Å²) in [6, 6.07) is 4.19. The largest absolute Gasteiger partial charge is 0.494 e. The number of hydrogen-bond donors (Lipinski definition) is 1. The van der Waals surface area contributed by atoms with Crippen LogP contribution in [0.15, 0.2) is 18.2 Å². The van der Waals surface area contributed by atoms with Gasteiger partial charge in [-0.25, -0.2) is 8.42 Å². The zero-order valence-corrected chi connectivity index (χ0v) is 14.9. The van der Waals surface area contributed by atoms with Gasteiger partial charge in [0.15, 0.2) is 5.11 Å². The van der Waals surface area contributed by atoms with Gasteiger partial charge in [-0.2, -0.15) is 4.31 Å². The molecule has 0 radical (unpaired) electrons. The first-order valence-electron chi connectivity index (χ1n) is 7.06. The third-order valence-electron chi connectivity index (χ3n) is 3.63. The number of nitro groups is 1. The fourth-order valence-corrected chi connectivity index (χ4v) is 3.43. The monoisotopic (exact) mass is 374 g/mol. The number of ether oxygens (including phenoxy) is 1. The fourth-order valence-electron chi connectivity index (χ4n) is 2.31. The van der Waals surface area contributed by atoms with Crippen LogP contribution in [0.3, 0.4) is 0 Å². The van der Waals surface area contributed by atoms with Crippen LogP contribution in [0.25, 0.3) is 0 Å². The van der Waals surface area contributed by atoms with E-state index in [1.165, 1.54) is 35.9 Å². The van der Waals surface area contributed by atoms with E-state index in [2.05, 4.69) is 5.32 Å². The molecule has 9 nitrogen and oxygen atoms in total. The molecule has 0 bridgehead atoms. The predicted molar refractivity (Wildman–Crippen MR) is 93.9 cm³/mol. The van der Waals surface area contributed by atoms with Crippen LogP contribution in [0.1, 0.15) is 0 Å². The highest BCUT2D eigenvalue weighted by atomic mass is 32.2. The molecule has 1 saturated heterocycles. The van der Waals surface area contributed by atoms with Crippen LogP contribution < -0.4 is 10.1 Å². The van der Waals surface area contributed by atoms with Crippen molar-refractivity contribution in [1.29, 1.82) is 0 Å². The lowest BCUT2D eigenvalue weighted by Gasteiger charge is -2.34. The van der Waals surface area contributed by atoms with Gasteiger partial charge in [0.05, 0.1) is 30.0 Å². The minimum Gasteiger partial charge on any atom is -0.494 e. The van der Waals surface area contributed by atoms with E-state index in [0.717, 1.165) is 0 Å². The molecule has 1 aromatic carbocycles. The van der Waals surface area contributed by atoms with E-state index >= 15 is 0 Å². The Labute approximate surface area is 145 Å². The maximum Gasteiger partial charge on any atom is 0.273 e. The molecule has 1 aliphatic heterocycles. The van der Waals surface area contributed by atoms with Gasteiger partial charge in [0.25, 0.3) is 5.69 Å². The molecule has 11 heteroatoms. The number of benzene rings is 1. The van der Waals surface area contributed by atoms with Crippen molar-refractivity contribution in [1.82, 2.24) is 9.21 Å². The standard InChI is InChI=1S/C13H18N4O5S2/c1-22-12-9-10(17(18)19)3-4-11(12)14-13(23)15-5-7-16(8-6-15)24(2,20)21/h3-4,9H,5-8H2,1-2H3,(H,14,23). The molecule has 0 aliphatic carbocycles. The van der Waals surface area contributed by atoms with E-state index < -0.39 is 14.9 Å². The SMILES string of the molecule is COc1cc([N+](=O)[O-])ccc1NC(=S)N1CCN(S(C)(=O)=O)CC1. The Morgan fingerprint density at radius 3 is 2.46 bits per heavy atom. The summed E-state index contributed by atoms with van der Waals surface area (Å²) in [7, 11) is -1.78. The maximum absolute atomic E-state index is 11.5. The molecule has 24 heavy (non-hydrogen) atoms. The summed E-state index contributed by atoms with van der Waals surface area (Å²) < 4.78 is 29.6. The Kier molecular flexibility index (Phi) is 5.57. The highest BCUT2D eigenvalue weighted by Gasteiger charge is 2.25. The molecule has 0 unspecified atom stereocenters. The molecular weight excluding hydrogens is 356 g/mol. The van der Waals surface area contributed by atoms with Crippen LogP contribution in [0.5, 0.6) is 5.75 Å². The van der Waals surface area contributed by atoms with Gasteiger partial charge in [-0.3, -0.25) is 10.1 Å². The summed E-state index contributed by atoms with van der Waals surface area (Å²) in [5.74, 6) is 0.307. The first-order valence-corrected chi connectivity index (χ1v) is 9.31. The number of thiocarbonyl (C=S) groups is 1. The van der Waals surface area contributed by atoms with Crippen LogP contribution >= 0.6 is 12.2 Å². The van der Waals surface area contributed by atoms with Crippen LogP contribution in [-0.4, -0.2) is 67.2 Å². The van der Waals surface area contributed by atoms with Gasteiger partial charge in [-0.05, 0) is 18.3 Å². The highest BCUT2D eigenvalue weighted by Crippen LogP contribution is 2.29. The Morgan fingerprint density at radius 1 is 1.33 bits per heavy atom. The van der Waals surface area contributed by atoms with Crippen molar-refractivity contribution in [3.8, 4) is 5.75 Å². The third kappa shape index (κ3) is 4.30. The number of nitrogens with zero attached hydrogens (tertiary/aromatic N) is 3. The first kappa shape index (κ1) is 18.4. The number of hydrogen-bond acceptors (Lipinski definition) is 6. The van der Waals surface area contributed by atoms with Crippen LogP contribution in [-0.2, 0) is 10.0 Å². The molecule has 0 aromatic heterocycles. The zero-order valence-electron chi connectivity index (χ0n) is 13.3. The second-order valence-corrected chi connectivity index (χ2v) is 7.59. The van der Waals surface area contributed by atoms with Crippen molar-refractivity contribution >= 4 is 38.7 Å². The number of rotatable bonds is 4. The molecule has 2 rings (SSSR count). The Morgan fingerprint density at radius 2 is 1.96 bits per heavy atom. The summed E-state index contributed by atoms with van der Waals surface area (Å²) >= 11 is 5.34. The van der Waals surface area contributed by atoms with Crippen LogP contribution in [0, 0.1) is 10.1 Å². The number of non-ortho nitro benzene ring substituents is 1. The normalized spacial score (nSPS) is 15.8. The Hall–Kier alpha value is -1.98. The lowest BCUT2D eigenvalue weighted by Crippen LogP contribution is -2.51. The van der Waals surface area contributed by atoms with E-state index in [4.69, 9.17) is 17.0 Å². The summed E-state index contributed by atoms with van der Waals surface area (Å²) in [5, 5.41) is 14.2. The lowest BCUT2D eigenvalue weighted by atomic mass is 10.2. The lowest BCUT2D eigenvalue weighted by molar-refractivity contribution is -0.384. The number of anilines is 1. The summed E-state index contributed by atoms with van der Waals surface area (Å²) in [6.07, 6.45) is 1.18. The second kappa shape index (κ2) is 7.28. The van der Waals surface area contributed by atoms with Gasteiger partial charge in [0.2, 0.25) is 10.0 Å². The number of nitrogens with one attached hydrogen (secondary N) is 1. The summed E-state index contributed by atoms with van der Waals surface area (Å²) in [5.41, 5.74) is 0.434. The van der Waals surface area contributed by atoms with E-state index in [-0.39, 0.29) is 5.69 Å². The Bertz CT molecular complexity index is 745. The molecule has 1 heterocycles. The van der Waals surface area contributed by atoms with Crippen molar-refractivity contribution in [2.24, 2.45) is 0 Å². The molecule has 1 aromatic rings. The van der Waals surface area contributed by atoms with Gasteiger partial charge >= 0.3 is 0 Å². The van der Waals surface area contributed by atoms with Gasteiger partial charge in [0, 0.05) is 32.2 Å².